The van der Waals surface area contributed by atoms with Crippen LogP contribution in [0.25, 0.3) is 0 Å². The zero-order chi connectivity index (χ0) is 16.8. The lowest BCUT2D eigenvalue weighted by atomic mass is 10.1. The Balaban J connectivity index is 2.01. The number of para-hydroxylation sites is 1. The maximum absolute atomic E-state index is 12.3. The molecule has 1 N–H and O–H groups in total. The minimum absolute atomic E-state index is 0.0343. The number of halogens is 1. The van der Waals surface area contributed by atoms with Crippen molar-refractivity contribution < 1.29 is 4.79 Å². The van der Waals surface area contributed by atoms with E-state index >= 15 is 0 Å². The van der Waals surface area contributed by atoms with Gasteiger partial charge in [0.25, 0.3) is 0 Å². The number of benzene rings is 2. The van der Waals surface area contributed by atoms with Crippen molar-refractivity contribution in [1.29, 1.82) is 0 Å². The molecule has 0 aromatic heterocycles. The molecule has 2 aromatic carbocycles. The number of carbonyl (C=O) groups is 1. The number of likely N-dealkylation sites (N-methyl/N-ethyl adjacent to an activating group) is 1. The van der Waals surface area contributed by atoms with Gasteiger partial charge in [-0.15, -0.1) is 11.8 Å². The van der Waals surface area contributed by atoms with Gasteiger partial charge in [-0.1, -0.05) is 41.9 Å². The molecular formula is C18H21ClN2OS. The van der Waals surface area contributed by atoms with Crippen molar-refractivity contribution in [3.8, 4) is 0 Å². The highest BCUT2D eigenvalue weighted by Gasteiger charge is 2.17. The minimum Gasteiger partial charge on any atom is -0.324 e. The molecule has 1 amide bonds. The Labute approximate surface area is 147 Å². The molecule has 0 saturated carbocycles. The molecule has 0 aliphatic carbocycles. The van der Waals surface area contributed by atoms with Gasteiger partial charge in [-0.2, -0.15) is 0 Å². The quantitative estimate of drug-likeness (QED) is 0.768. The fraction of sp³-hybridized carbons (Fsp3) is 0.278. The maximum atomic E-state index is 12.3. The molecule has 0 aliphatic rings. The summed E-state index contributed by atoms with van der Waals surface area (Å²) in [5.74, 6) is -0.0343. The van der Waals surface area contributed by atoms with Gasteiger partial charge in [-0.3, -0.25) is 9.69 Å². The van der Waals surface area contributed by atoms with Crippen molar-refractivity contribution in [2.45, 2.75) is 17.9 Å². The van der Waals surface area contributed by atoms with E-state index in [9.17, 15) is 4.79 Å². The van der Waals surface area contributed by atoms with Crippen LogP contribution in [0.4, 0.5) is 5.69 Å². The molecule has 0 bridgehead atoms. The summed E-state index contributed by atoms with van der Waals surface area (Å²) in [5, 5.41) is 3.70. The second-order valence-corrected chi connectivity index (χ2v) is 6.62. The van der Waals surface area contributed by atoms with Crippen LogP contribution in [0, 0.1) is 0 Å². The zero-order valence-corrected chi connectivity index (χ0v) is 15.1. The molecule has 2 rings (SSSR count). The lowest BCUT2D eigenvalue weighted by Gasteiger charge is -2.25. The van der Waals surface area contributed by atoms with Gasteiger partial charge in [0.15, 0.2) is 0 Å². The number of thioether (sulfide) groups is 1. The summed E-state index contributed by atoms with van der Waals surface area (Å²) in [6, 6.07) is 15.6. The third kappa shape index (κ3) is 4.74. The van der Waals surface area contributed by atoms with Gasteiger partial charge in [-0.25, -0.2) is 0 Å². The number of hydrogen-bond acceptors (Lipinski definition) is 3. The lowest BCUT2D eigenvalue weighted by Crippen LogP contribution is -2.32. The van der Waals surface area contributed by atoms with Gasteiger partial charge in [-0.05, 0) is 44.0 Å². The molecule has 0 heterocycles. The molecule has 0 fully saturated rings. The predicted molar refractivity (Wildman–Crippen MR) is 99.3 cm³/mol. The SMILES string of the molecule is CSc1ccccc1NC(=O)CN(C)[C@@H](C)c1ccccc1Cl. The van der Waals surface area contributed by atoms with Gasteiger partial charge >= 0.3 is 0 Å². The lowest BCUT2D eigenvalue weighted by molar-refractivity contribution is -0.117. The van der Waals surface area contributed by atoms with Crippen LogP contribution in [0.2, 0.25) is 5.02 Å². The van der Waals surface area contributed by atoms with Crippen LogP contribution >= 0.6 is 23.4 Å². The fourth-order valence-corrected chi connectivity index (χ4v) is 3.20. The van der Waals surface area contributed by atoms with Gasteiger partial charge < -0.3 is 5.32 Å². The smallest absolute Gasteiger partial charge is 0.238 e. The van der Waals surface area contributed by atoms with Gasteiger partial charge in [0.1, 0.15) is 0 Å². The highest BCUT2D eigenvalue weighted by atomic mass is 35.5. The minimum atomic E-state index is -0.0343. The Morgan fingerprint density at radius 2 is 1.87 bits per heavy atom. The third-order valence-corrected chi connectivity index (χ3v) is 4.93. The molecule has 0 aliphatic heterocycles. The van der Waals surface area contributed by atoms with E-state index in [2.05, 4.69) is 5.32 Å². The fourth-order valence-electron chi connectivity index (χ4n) is 2.35. The second-order valence-electron chi connectivity index (χ2n) is 5.36. The highest BCUT2D eigenvalue weighted by Crippen LogP contribution is 2.27. The Hall–Kier alpha value is -1.49. The summed E-state index contributed by atoms with van der Waals surface area (Å²) in [6.45, 7) is 2.35. The molecule has 2 aromatic rings. The standard InChI is InChI=1S/C18H21ClN2OS/c1-13(14-8-4-5-9-15(14)19)21(2)12-18(22)20-16-10-6-7-11-17(16)23-3/h4-11,13H,12H2,1-3H3,(H,20,22)/t13-/m0/s1. The molecule has 1 atom stereocenters. The summed E-state index contributed by atoms with van der Waals surface area (Å²) < 4.78 is 0. The molecule has 5 heteroatoms. The van der Waals surface area contributed by atoms with E-state index in [1.54, 1.807) is 11.8 Å². The Morgan fingerprint density at radius 3 is 2.57 bits per heavy atom. The van der Waals surface area contributed by atoms with Crippen molar-refractivity contribution in [2.24, 2.45) is 0 Å². The molecule has 122 valence electrons. The van der Waals surface area contributed by atoms with Crippen molar-refractivity contribution in [3.05, 3.63) is 59.1 Å². The summed E-state index contributed by atoms with van der Waals surface area (Å²) in [7, 11) is 1.92. The molecule has 23 heavy (non-hydrogen) atoms. The summed E-state index contributed by atoms with van der Waals surface area (Å²) in [5.41, 5.74) is 1.87. The molecule has 0 radical (unpaired) electrons. The van der Waals surface area contributed by atoms with Crippen LogP contribution in [0.5, 0.6) is 0 Å². The first-order valence-electron chi connectivity index (χ1n) is 7.40. The number of carbonyl (C=O) groups excluding carboxylic acids is 1. The largest absolute Gasteiger partial charge is 0.324 e. The molecule has 0 unspecified atom stereocenters. The van der Waals surface area contributed by atoms with Crippen molar-refractivity contribution in [2.75, 3.05) is 25.2 Å². The van der Waals surface area contributed by atoms with Crippen molar-refractivity contribution in [3.63, 3.8) is 0 Å². The summed E-state index contributed by atoms with van der Waals surface area (Å²) in [4.78, 5) is 15.4. The third-order valence-electron chi connectivity index (χ3n) is 3.79. The topological polar surface area (TPSA) is 32.3 Å². The first-order valence-corrected chi connectivity index (χ1v) is 9.00. The number of hydrogen-bond donors (Lipinski definition) is 1. The van der Waals surface area contributed by atoms with E-state index in [4.69, 9.17) is 11.6 Å². The Kier molecular flexibility index (Phi) is 6.51. The van der Waals surface area contributed by atoms with Crippen LogP contribution in [-0.2, 0) is 4.79 Å². The van der Waals surface area contributed by atoms with Crippen LogP contribution < -0.4 is 5.32 Å². The summed E-state index contributed by atoms with van der Waals surface area (Å²) >= 11 is 7.85. The molecule has 0 spiro atoms. The Morgan fingerprint density at radius 1 is 1.22 bits per heavy atom. The average molecular weight is 349 g/mol. The Bertz CT molecular complexity index is 678. The first-order chi connectivity index (χ1) is 11.0. The van der Waals surface area contributed by atoms with Gasteiger partial charge in [0, 0.05) is 16.0 Å². The zero-order valence-electron chi connectivity index (χ0n) is 13.5. The van der Waals surface area contributed by atoms with E-state index in [-0.39, 0.29) is 11.9 Å². The van der Waals surface area contributed by atoms with Crippen LogP contribution in [0.3, 0.4) is 0 Å². The summed E-state index contributed by atoms with van der Waals surface area (Å²) in [6.07, 6.45) is 2.00. The number of anilines is 1. The van der Waals surface area contributed by atoms with Gasteiger partial charge in [0.2, 0.25) is 5.91 Å². The molecular weight excluding hydrogens is 328 g/mol. The van der Waals surface area contributed by atoms with Gasteiger partial charge in [0.05, 0.1) is 12.2 Å². The van der Waals surface area contributed by atoms with Crippen molar-refractivity contribution in [1.82, 2.24) is 4.90 Å². The molecule has 0 saturated heterocycles. The highest BCUT2D eigenvalue weighted by molar-refractivity contribution is 7.98. The van der Waals surface area contributed by atoms with Crippen molar-refractivity contribution >= 4 is 35.0 Å². The van der Waals surface area contributed by atoms with Crippen LogP contribution in [0.15, 0.2) is 53.4 Å². The number of nitrogens with zero attached hydrogens (tertiary/aromatic N) is 1. The predicted octanol–water partition coefficient (Wildman–Crippen LogP) is 4.69. The number of nitrogens with one attached hydrogen (secondary N) is 1. The van der Waals surface area contributed by atoms with E-state index < -0.39 is 0 Å². The van der Waals surface area contributed by atoms with E-state index in [0.717, 1.165) is 21.2 Å². The van der Waals surface area contributed by atoms with E-state index in [0.29, 0.717) is 6.54 Å². The first kappa shape index (κ1) is 17.9. The average Bonchev–Trinajstić information content (AvgIpc) is 2.55. The van der Waals surface area contributed by atoms with Crippen LogP contribution in [0.1, 0.15) is 18.5 Å². The number of amides is 1. The number of rotatable bonds is 6. The molecule has 3 nitrogen and oxygen atoms in total. The maximum Gasteiger partial charge on any atom is 0.238 e. The monoisotopic (exact) mass is 348 g/mol. The van der Waals surface area contributed by atoms with E-state index in [1.165, 1.54) is 0 Å². The normalized spacial score (nSPS) is 12.2. The van der Waals surface area contributed by atoms with E-state index in [1.807, 2.05) is 73.7 Å². The van der Waals surface area contributed by atoms with Crippen LogP contribution in [-0.4, -0.2) is 30.7 Å². The second kappa shape index (κ2) is 8.39.